The molecule has 0 aromatic heterocycles. The number of hydrogen-bond donors (Lipinski definition) is 0. The Kier molecular flexibility index (Phi) is 15.7. The van der Waals surface area contributed by atoms with Crippen LogP contribution in [0.4, 0.5) is 0 Å². The zero-order valence-electron chi connectivity index (χ0n) is 27.9. The average molecular weight is 663 g/mol. The summed E-state index contributed by atoms with van der Waals surface area (Å²) in [6, 6.07) is 20.1. The highest BCUT2D eigenvalue weighted by molar-refractivity contribution is 6.00. The molecule has 0 radical (unpaired) electrons. The van der Waals surface area contributed by atoms with Crippen LogP contribution in [0.25, 0.3) is 21.5 Å². The van der Waals surface area contributed by atoms with Crippen LogP contribution in [0.5, 0.6) is 0 Å². The predicted molar refractivity (Wildman–Crippen MR) is 185 cm³/mol. The van der Waals surface area contributed by atoms with Gasteiger partial charge in [-0.2, -0.15) is 0 Å². The highest BCUT2D eigenvalue weighted by Crippen LogP contribution is 2.21. The Morgan fingerprint density at radius 1 is 0.479 bits per heavy atom. The third-order valence-corrected chi connectivity index (χ3v) is 7.08. The van der Waals surface area contributed by atoms with Gasteiger partial charge in [0.1, 0.15) is 25.9 Å². The number of esters is 4. The number of methoxy groups -OCH3 is 2. The lowest BCUT2D eigenvalue weighted by Crippen LogP contribution is -2.22. The smallest absolute Gasteiger partial charge is 0.338 e. The lowest BCUT2D eigenvalue weighted by molar-refractivity contribution is 0.00450. The van der Waals surface area contributed by atoms with Crippen LogP contribution >= 0.6 is 0 Å². The monoisotopic (exact) mass is 662 g/mol. The molecular formula is C38H46O10. The second-order valence-corrected chi connectivity index (χ2v) is 10.7. The first kappa shape index (κ1) is 39.4. The number of rotatable bonds is 13. The molecule has 4 rings (SSSR count). The summed E-state index contributed by atoms with van der Waals surface area (Å²) in [5.41, 5.74) is 1.41. The number of fused-ring (bicyclic) bond motifs is 2. The van der Waals surface area contributed by atoms with E-state index in [4.69, 9.17) is 28.4 Å². The van der Waals surface area contributed by atoms with Gasteiger partial charge in [-0.3, -0.25) is 0 Å². The molecule has 0 saturated carbocycles. The van der Waals surface area contributed by atoms with E-state index in [1.165, 1.54) is 0 Å². The molecule has 0 N–H and O–H groups in total. The molecule has 3 atom stereocenters. The maximum atomic E-state index is 12.8. The molecule has 0 bridgehead atoms. The zero-order valence-corrected chi connectivity index (χ0v) is 27.9. The van der Waals surface area contributed by atoms with Crippen molar-refractivity contribution in [2.24, 2.45) is 0 Å². The zero-order chi connectivity index (χ0) is 34.5. The van der Waals surface area contributed by atoms with Gasteiger partial charge in [0.2, 0.25) is 0 Å². The summed E-state index contributed by atoms with van der Waals surface area (Å²) in [4.78, 5) is 50.2. The van der Waals surface area contributed by atoms with Gasteiger partial charge in [-0.15, -0.1) is 0 Å². The van der Waals surface area contributed by atoms with Crippen molar-refractivity contribution in [1.29, 1.82) is 0 Å². The molecule has 10 nitrogen and oxygen atoms in total. The number of benzene rings is 4. The normalized spacial score (nSPS) is 12.4. The summed E-state index contributed by atoms with van der Waals surface area (Å²) in [7, 11) is 3.09. The molecular weight excluding hydrogens is 616 g/mol. The van der Waals surface area contributed by atoms with E-state index in [1.807, 2.05) is 13.8 Å². The highest BCUT2D eigenvalue weighted by Gasteiger charge is 2.17. The van der Waals surface area contributed by atoms with Gasteiger partial charge in [-0.25, -0.2) is 19.2 Å². The molecule has 3 unspecified atom stereocenters. The van der Waals surface area contributed by atoms with E-state index in [9.17, 15) is 19.2 Å². The SMILES string of the molecule is C.CC.COC(C)COC(=O)c1ccc2cc(C(=O)OCC(C)OC(=O)c3ccc4cc(C(=O)OCC(C)OC)ccc4c3)ccc2c1. The molecule has 0 saturated heterocycles. The minimum absolute atomic E-state index is 0. The van der Waals surface area contributed by atoms with E-state index < -0.39 is 30.0 Å². The maximum Gasteiger partial charge on any atom is 0.338 e. The maximum absolute atomic E-state index is 12.8. The molecule has 10 heteroatoms. The van der Waals surface area contributed by atoms with Crippen molar-refractivity contribution >= 4 is 45.4 Å². The molecule has 4 aromatic carbocycles. The Labute approximate surface area is 282 Å². The van der Waals surface area contributed by atoms with Gasteiger partial charge in [-0.05, 0) is 90.8 Å². The molecule has 258 valence electrons. The van der Waals surface area contributed by atoms with Crippen LogP contribution in [0.15, 0.2) is 72.8 Å². The summed E-state index contributed by atoms with van der Waals surface area (Å²) in [6.07, 6.45) is -1.13. The second-order valence-electron chi connectivity index (χ2n) is 10.7. The van der Waals surface area contributed by atoms with Crippen molar-refractivity contribution in [1.82, 2.24) is 0 Å². The third kappa shape index (κ3) is 10.9. The quantitative estimate of drug-likeness (QED) is 0.105. The topological polar surface area (TPSA) is 124 Å². The van der Waals surface area contributed by atoms with Crippen molar-refractivity contribution in [3.8, 4) is 0 Å². The largest absolute Gasteiger partial charge is 0.459 e. The van der Waals surface area contributed by atoms with E-state index in [1.54, 1.807) is 108 Å². The van der Waals surface area contributed by atoms with Gasteiger partial charge >= 0.3 is 23.9 Å². The van der Waals surface area contributed by atoms with E-state index >= 15 is 0 Å². The number of ether oxygens (including phenoxy) is 6. The summed E-state index contributed by atoms with van der Waals surface area (Å²) >= 11 is 0. The first-order valence-electron chi connectivity index (χ1n) is 15.4. The molecule has 0 spiro atoms. The van der Waals surface area contributed by atoms with Crippen molar-refractivity contribution in [3.05, 3.63) is 95.1 Å². The van der Waals surface area contributed by atoms with E-state index in [2.05, 4.69) is 0 Å². The summed E-state index contributed by atoms with van der Waals surface area (Å²) < 4.78 is 31.6. The van der Waals surface area contributed by atoms with Crippen LogP contribution in [-0.2, 0) is 28.4 Å². The Balaban J connectivity index is 0.00000262. The summed E-state index contributed by atoms with van der Waals surface area (Å²) in [6.45, 7) is 9.37. The van der Waals surface area contributed by atoms with Gasteiger partial charge in [0.15, 0.2) is 0 Å². The fraction of sp³-hybridized carbons (Fsp3) is 0.368. The van der Waals surface area contributed by atoms with E-state index in [-0.39, 0.29) is 39.5 Å². The lowest BCUT2D eigenvalue weighted by Gasteiger charge is -2.14. The van der Waals surface area contributed by atoms with Crippen LogP contribution in [0.2, 0.25) is 0 Å². The van der Waals surface area contributed by atoms with Gasteiger partial charge in [-0.1, -0.05) is 45.5 Å². The van der Waals surface area contributed by atoms with Crippen LogP contribution < -0.4 is 0 Å². The van der Waals surface area contributed by atoms with Crippen LogP contribution in [0.3, 0.4) is 0 Å². The van der Waals surface area contributed by atoms with Crippen LogP contribution in [0.1, 0.15) is 83.5 Å². The van der Waals surface area contributed by atoms with Crippen LogP contribution in [-0.4, -0.2) is 76.2 Å². The molecule has 0 aliphatic rings. The molecule has 0 fully saturated rings. The Morgan fingerprint density at radius 2 is 0.750 bits per heavy atom. The van der Waals surface area contributed by atoms with Gasteiger partial charge in [0.25, 0.3) is 0 Å². The minimum atomic E-state index is -0.710. The summed E-state index contributed by atoms with van der Waals surface area (Å²) in [5.74, 6) is -2.07. The average Bonchev–Trinajstić information content (AvgIpc) is 3.11. The Morgan fingerprint density at radius 3 is 1.04 bits per heavy atom. The first-order valence-corrected chi connectivity index (χ1v) is 15.4. The van der Waals surface area contributed by atoms with Gasteiger partial charge < -0.3 is 28.4 Å². The highest BCUT2D eigenvalue weighted by atomic mass is 16.6. The molecule has 0 aliphatic carbocycles. The number of hydrogen-bond acceptors (Lipinski definition) is 10. The fourth-order valence-electron chi connectivity index (χ4n) is 4.25. The van der Waals surface area contributed by atoms with Crippen molar-refractivity contribution < 1.29 is 47.6 Å². The third-order valence-electron chi connectivity index (χ3n) is 7.08. The minimum Gasteiger partial charge on any atom is -0.459 e. The number of carbonyl (C=O) groups is 4. The van der Waals surface area contributed by atoms with Crippen molar-refractivity contribution in [2.45, 2.75) is 60.4 Å². The molecule has 0 heterocycles. The fourth-order valence-corrected chi connectivity index (χ4v) is 4.25. The Bertz CT molecular complexity index is 1700. The van der Waals surface area contributed by atoms with Crippen LogP contribution in [0, 0.1) is 0 Å². The predicted octanol–water partition coefficient (Wildman–Crippen LogP) is 7.44. The first-order chi connectivity index (χ1) is 22.6. The van der Waals surface area contributed by atoms with E-state index in [0.29, 0.717) is 22.3 Å². The molecule has 0 amide bonds. The van der Waals surface area contributed by atoms with Gasteiger partial charge in [0.05, 0.1) is 34.5 Å². The molecule has 0 aliphatic heterocycles. The Hall–Kier alpha value is -4.80. The van der Waals surface area contributed by atoms with E-state index in [0.717, 1.165) is 21.5 Å². The molecule has 48 heavy (non-hydrogen) atoms. The van der Waals surface area contributed by atoms with Crippen molar-refractivity contribution in [3.63, 3.8) is 0 Å². The number of carbonyl (C=O) groups excluding carboxylic acids is 4. The van der Waals surface area contributed by atoms with Crippen molar-refractivity contribution in [2.75, 3.05) is 34.0 Å². The van der Waals surface area contributed by atoms with Gasteiger partial charge in [0, 0.05) is 14.2 Å². The lowest BCUT2D eigenvalue weighted by atomic mass is 10.0. The second kappa shape index (κ2) is 19.1. The standard InChI is InChI=1S/C35H36O10.C2H6.CH4/c1-21(40-4)18-42-32(36)28-10-6-25-15-30(11-7-24(25)14-28)34(38)44-20-23(3)45-35(39)31-13-9-26-16-29(12-8-27(26)17-31)33(37)43-19-22(2)41-5;1-2;/h6-17,21-23H,18-20H2,1-5H3;1-2H3;1H4. The molecule has 4 aromatic rings. The summed E-state index contributed by atoms with van der Waals surface area (Å²) in [5, 5.41) is 3.00.